The molecule has 0 unspecified atom stereocenters. The van der Waals surface area contributed by atoms with Crippen LogP contribution in [0.15, 0.2) is 65.6 Å². The van der Waals surface area contributed by atoms with E-state index in [2.05, 4.69) is 10.0 Å². The van der Waals surface area contributed by atoms with Gasteiger partial charge in [-0.2, -0.15) is 0 Å². The lowest BCUT2D eigenvalue weighted by Gasteiger charge is -2.14. The molecule has 0 aromatic heterocycles. The van der Waals surface area contributed by atoms with Gasteiger partial charge in [-0.05, 0) is 66.6 Å². The highest BCUT2D eigenvalue weighted by molar-refractivity contribution is 7.92. The van der Waals surface area contributed by atoms with Crippen molar-refractivity contribution < 1.29 is 31.5 Å². The monoisotopic (exact) mass is 476 g/mol. The van der Waals surface area contributed by atoms with E-state index in [1.807, 2.05) is 0 Å². The van der Waals surface area contributed by atoms with Gasteiger partial charge in [-0.1, -0.05) is 6.07 Å². The zero-order chi connectivity index (χ0) is 24.0. The van der Waals surface area contributed by atoms with Crippen LogP contribution in [0.1, 0.15) is 12.0 Å². The van der Waals surface area contributed by atoms with Gasteiger partial charge in [0, 0.05) is 12.1 Å². The third-order valence-corrected chi connectivity index (χ3v) is 6.09. The van der Waals surface area contributed by atoms with Gasteiger partial charge in [0.1, 0.15) is 11.6 Å². The summed E-state index contributed by atoms with van der Waals surface area (Å²) in [6.07, 6.45) is 0.376. The lowest BCUT2D eigenvalue weighted by Crippen LogP contribution is -2.15. The Hall–Kier alpha value is -3.66. The van der Waals surface area contributed by atoms with Crippen molar-refractivity contribution in [1.82, 2.24) is 0 Å². The minimum Gasteiger partial charge on any atom is -0.495 e. The van der Waals surface area contributed by atoms with E-state index >= 15 is 0 Å². The number of methoxy groups -OCH3 is 2. The minimum atomic E-state index is -4.02. The average Bonchev–Trinajstić information content (AvgIpc) is 2.78. The second-order valence-electron chi connectivity index (χ2n) is 6.99. The molecule has 0 radical (unpaired) electrons. The third kappa shape index (κ3) is 6.19. The molecule has 0 saturated carbocycles. The largest absolute Gasteiger partial charge is 0.495 e. The smallest absolute Gasteiger partial charge is 0.262 e. The molecule has 3 aromatic rings. The van der Waals surface area contributed by atoms with Gasteiger partial charge >= 0.3 is 0 Å². The Morgan fingerprint density at radius 1 is 0.909 bits per heavy atom. The van der Waals surface area contributed by atoms with Crippen molar-refractivity contribution in [3.8, 4) is 11.5 Å². The molecule has 0 heterocycles. The highest BCUT2D eigenvalue weighted by Gasteiger charge is 2.17. The predicted molar refractivity (Wildman–Crippen MR) is 120 cm³/mol. The molecule has 0 aliphatic rings. The lowest BCUT2D eigenvalue weighted by atomic mass is 10.1. The first-order valence-electron chi connectivity index (χ1n) is 9.80. The van der Waals surface area contributed by atoms with Gasteiger partial charge < -0.3 is 14.8 Å². The van der Waals surface area contributed by atoms with Gasteiger partial charge in [-0.15, -0.1) is 0 Å². The molecular formula is C23H22F2N2O5S. The average molecular weight is 477 g/mol. The Morgan fingerprint density at radius 3 is 2.21 bits per heavy atom. The summed E-state index contributed by atoms with van der Waals surface area (Å²) in [5, 5.41) is 2.68. The van der Waals surface area contributed by atoms with Crippen molar-refractivity contribution in [3.05, 3.63) is 77.9 Å². The summed E-state index contributed by atoms with van der Waals surface area (Å²) >= 11 is 0. The van der Waals surface area contributed by atoms with E-state index in [4.69, 9.17) is 9.47 Å². The number of aryl methyl sites for hydroxylation is 1. The third-order valence-electron chi connectivity index (χ3n) is 4.71. The first kappa shape index (κ1) is 24.0. The van der Waals surface area contributed by atoms with Crippen LogP contribution in [-0.2, 0) is 21.2 Å². The van der Waals surface area contributed by atoms with Gasteiger partial charge in [0.15, 0.2) is 11.6 Å². The van der Waals surface area contributed by atoms with Gasteiger partial charge in [-0.3, -0.25) is 9.52 Å². The second kappa shape index (κ2) is 10.3. The number of hydrogen-bond acceptors (Lipinski definition) is 5. The Labute approximate surface area is 190 Å². The maximum Gasteiger partial charge on any atom is 0.262 e. The molecule has 0 aliphatic carbocycles. The Balaban J connectivity index is 1.70. The number of hydrogen-bond donors (Lipinski definition) is 2. The summed E-state index contributed by atoms with van der Waals surface area (Å²) in [5.41, 5.74) is 1.06. The SMILES string of the molecule is COc1ccc(CCC(=O)Nc2ccc(OC)c(NS(=O)(=O)c3ccc(F)cc3)c2)cc1F. The molecule has 3 aromatic carbocycles. The van der Waals surface area contributed by atoms with Crippen LogP contribution in [0.2, 0.25) is 0 Å². The standard InChI is InChI=1S/C23H22F2N2O5S/c1-31-21-10-3-15(13-19(21)25)4-12-23(28)26-17-7-11-22(32-2)20(14-17)27-33(29,30)18-8-5-16(24)6-9-18/h3,5-11,13-14,27H,4,12H2,1-2H3,(H,26,28). The number of halogens is 2. The normalized spacial score (nSPS) is 11.0. The number of carbonyl (C=O) groups is 1. The lowest BCUT2D eigenvalue weighted by molar-refractivity contribution is -0.116. The molecule has 0 atom stereocenters. The number of anilines is 2. The van der Waals surface area contributed by atoms with E-state index in [9.17, 15) is 22.0 Å². The Kier molecular flexibility index (Phi) is 7.49. The molecule has 33 heavy (non-hydrogen) atoms. The van der Waals surface area contributed by atoms with Gasteiger partial charge in [-0.25, -0.2) is 17.2 Å². The van der Waals surface area contributed by atoms with Crippen molar-refractivity contribution in [2.45, 2.75) is 17.7 Å². The fourth-order valence-electron chi connectivity index (χ4n) is 3.03. The van der Waals surface area contributed by atoms with Crippen LogP contribution in [0.3, 0.4) is 0 Å². The number of ether oxygens (including phenoxy) is 2. The van der Waals surface area contributed by atoms with E-state index in [0.29, 0.717) is 17.7 Å². The highest BCUT2D eigenvalue weighted by Crippen LogP contribution is 2.30. The van der Waals surface area contributed by atoms with Crippen molar-refractivity contribution >= 4 is 27.3 Å². The van der Waals surface area contributed by atoms with Crippen LogP contribution in [0.25, 0.3) is 0 Å². The molecule has 0 aliphatic heterocycles. The Morgan fingerprint density at radius 2 is 1.58 bits per heavy atom. The van der Waals surface area contributed by atoms with E-state index in [1.165, 1.54) is 38.5 Å². The van der Waals surface area contributed by atoms with Gasteiger partial charge in [0.2, 0.25) is 5.91 Å². The Bertz CT molecular complexity index is 1250. The predicted octanol–water partition coefficient (Wildman–Crippen LogP) is 4.35. The zero-order valence-corrected chi connectivity index (χ0v) is 18.7. The summed E-state index contributed by atoms with van der Waals surface area (Å²) in [6, 6.07) is 13.3. The first-order valence-corrected chi connectivity index (χ1v) is 11.3. The van der Waals surface area contributed by atoms with E-state index in [-0.39, 0.29) is 34.4 Å². The summed E-state index contributed by atoms with van der Waals surface area (Å²) in [4.78, 5) is 12.2. The molecule has 0 bridgehead atoms. The van der Waals surface area contributed by atoms with Crippen molar-refractivity contribution in [2.75, 3.05) is 24.3 Å². The zero-order valence-electron chi connectivity index (χ0n) is 17.9. The summed E-state index contributed by atoms with van der Waals surface area (Å²) in [5.74, 6) is -1.06. The van der Waals surface area contributed by atoms with Gasteiger partial charge in [0.05, 0.1) is 24.8 Å². The van der Waals surface area contributed by atoms with Crippen molar-refractivity contribution in [3.63, 3.8) is 0 Å². The molecule has 3 rings (SSSR count). The van der Waals surface area contributed by atoms with Crippen molar-refractivity contribution in [2.24, 2.45) is 0 Å². The molecule has 7 nitrogen and oxygen atoms in total. The van der Waals surface area contributed by atoms with Crippen LogP contribution in [0.4, 0.5) is 20.2 Å². The molecule has 2 N–H and O–H groups in total. The van der Waals surface area contributed by atoms with E-state index in [1.54, 1.807) is 12.1 Å². The number of nitrogens with one attached hydrogen (secondary N) is 2. The summed E-state index contributed by atoms with van der Waals surface area (Å²) < 4.78 is 64.6. The highest BCUT2D eigenvalue weighted by atomic mass is 32.2. The molecule has 0 saturated heterocycles. The topological polar surface area (TPSA) is 93.7 Å². The number of benzene rings is 3. The number of amides is 1. The molecule has 0 spiro atoms. The quantitative estimate of drug-likeness (QED) is 0.479. The first-order chi connectivity index (χ1) is 15.7. The van der Waals surface area contributed by atoms with E-state index < -0.39 is 21.7 Å². The summed E-state index contributed by atoms with van der Waals surface area (Å²) in [7, 11) is -1.28. The fraction of sp³-hybridized carbons (Fsp3) is 0.174. The minimum absolute atomic E-state index is 0.0778. The maximum absolute atomic E-state index is 13.8. The van der Waals surface area contributed by atoms with Gasteiger partial charge in [0.25, 0.3) is 10.0 Å². The molecule has 1 amide bonds. The van der Waals surface area contributed by atoms with E-state index in [0.717, 1.165) is 24.3 Å². The van der Waals surface area contributed by atoms with Crippen LogP contribution >= 0.6 is 0 Å². The number of carbonyl (C=O) groups excluding carboxylic acids is 1. The molecule has 0 fully saturated rings. The van der Waals surface area contributed by atoms with Crippen LogP contribution in [-0.4, -0.2) is 28.5 Å². The van der Waals surface area contributed by atoms with Crippen LogP contribution in [0, 0.1) is 11.6 Å². The number of sulfonamides is 1. The summed E-state index contributed by atoms with van der Waals surface area (Å²) in [6.45, 7) is 0. The number of rotatable bonds is 9. The van der Waals surface area contributed by atoms with Crippen molar-refractivity contribution in [1.29, 1.82) is 0 Å². The molecule has 10 heteroatoms. The maximum atomic E-state index is 13.8. The fourth-order valence-corrected chi connectivity index (χ4v) is 4.09. The van der Waals surface area contributed by atoms with Crippen LogP contribution < -0.4 is 19.5 Å². The second-order valence-corrected chi connectivity index (χ2v) is 8.67. The molecule has 174 valence electrons. The molecular weight excluding hydrogens is 454 g/mol. The van der Waals surface area contributed by atoms with Crippen LogP contribution in [0.5, 0.6) is 11.5 Å².